The summed E-state index contributed by atoms with van der Waals surface area (Å²) in [7, 11) is 0. The standard InChI is InChI=1S/C13H14FNO3/c1-2-7-15(9-13(17)18)12(16)8-10-3-5-11(14)6-4-10/h2-6H,1,7-9H2,(H,17,18). The molecule has 0 aliphatic carbocycles. The number of nitrogens with zero attached hydrogens (tertiary/aromatic N) is 1. The molecule has 1 amide bonds. The lowest BCUT2D eigenvalue weighted by molar-refractivity contribution is -0.143. The highest BCUT2D eigenvalue weighted by Crippen LogP contribution is 2.05. The zero-order valence-electron chi connectivity index (χ0n) is 9.80. The number of aliphatic carboxylic acids is 1. The Morgan fingerprint density at radius 1 is 1.33 bits per heavy atom. The van der Waals surface area contributed by atoms with E-state index in [-0.39, 0.29) is 31.2 Å². The van der Waals surface area contributed by atoms with Crippen LogP contribution in [-0.2, 0) is 16.0 Å². The Balaban J connectivity index is 2.68. The maximum atomic E-state index is 12.7. The van der Waals surface area contributed by atoms with Gasteiger partial charge in [0.15, 0.2) is 0 Å². The normalized spacial score (nSPS) is 9.83. The fourth-order valence-corrected chi connectivity index (χ4v) is 1.46. The number of hydrogen-bond acceptors (Lipinski definition) is 2. The minimum absolute atomic E-state index is 0.0431. The molecule has 0 saturated heterocycles. The molecule has 4 nitrogen and oxygen atoms in total. The van der Waals surface area contributed by atoms with Gasteiger partial charge in [0.2, 0.25) is 5.91 Å². The summed E-state index contributed by atoms with van der Waals surface area (Å²) in [6.45, 7) is 3.28. The van der Waals surface area contributed by atoms with Crippen LogP contribution in [0.4, 0.5) is 4.39 Å². The molecule has 1 rings (SSSR count). The second-order valence-electron chi connectivity index (χ2n) is 3.76. The molecular weight excluding hydrogens is 237 g/mol. The average molecular weight is 251 g/mol. The first kappa shape index (κ1) is 13.9. The molecular formula is C13H14FNO3. The average Bonchev–Trinajstić information content (AvgIpc) is 2.31. The van der Waals surface area contributed by atoms with Gasteiger partial charge in [0, 0.05) is 6.54 Å². The van der Waals surface area contributed by atoms with E-state index in [4.69, 9.17) is 5.11 Å². The molecule has 0 aromatic heterocycles. The molecule has 0 fully saturated rings. The molecule has 0 saturated carbocycles. The quantitative estimate of drug-likeness (QED) is 0.779. The van der Waals surface area contributed by atoms with E-state index in [2.05, 4.69) is 6.58 Å². The molecule has 1 aromatic carbocycles. The fraction of sp³-hybridized carbons (Fsp3) is 0.231. The number of carbonyl (C=O) groups excluding carboxylic acids is 1. The van der Waals surface area contributed by atoms with E-state index in [9.17, 15) is 14.0 Å². The van der Waals surface area contributed by atoms with Crippen molar-refractivity contribution in [3.8, 4) is 0 Å². The third-order valence-corrected chi connectivity index (χ3v) is 2.30. The van der Waals surface area contributed by atoms with Gasteiger partial charge >= 0.3 is 5.97 Å². The van der Waals surface area contributed by atoms with Crippen LogP contribution in [0.3, 0.4) is 0 Å². The zero-order valence-corrected chi connectivity index (χ0v) is 9.80. The number of carbonyl (C=O) groups is 2. The van der Waals surface area contributed by atoms with E-state index in [1.165, 1.54) is 35.2 Å². The van der Waals surface area contributed by atoms with E-state index < -0.39 is 5.97 Å². The van der Waals surface area contributed by atoms with Crippen LogP contribution in [-0.4, -0.2) is 35.0 Å². The molecule has 5 heteroatoms. The SMILES string of the molecule is C=CCN(CC(=O)O)C(=O)Cc1ccc(F)cc1. The minimum Gasteiger partial charge on any atom is -0.480 e. The van der Waals surface area contributed by atoms with Gasteiger partial charge in [-0.25, -0.2) is 4.39 Å². The van der Waals surface area contributed by atoms with Crippen LogP contribution in [0.15, 0.2) is 36.9 Å². The van der Waals surface area contributed by atoms with Gasteiger partial charge in [0.1, 0.15) is 12.4 Å². The summed E-state index contributed by atoms with van der Waals surface area (Å²) in [6, 6.07) is 5.52. The zero-order chi connectivity index (χ0) is 13.5. The van der Waals surface area contributed by atoms with Crippen LogP contribution < -0.4 is 0 Å². The summed E-state index contributed by atoms with van der Waals surface area (Å²) < 4.78 is 12.7. The van der Waals surface area contributed by atoms with Gasteiger partial charge in [0.25, 0.3) is 0 Å². The number of benzene rings is 1. The number of carboxylic acid groups (broad SMARTS) is 1. The molecule has 0 unspecified atom stereocenters. The van der Waals surface area contributed by atoms with Crippen molar-refractivity contribution in [2.45, 2.75) is 6.42 Å². The van der Waals surface area contributed by atoms with Gasteiger partial charge in [0.05, 0.1) is 6.42 Å². The summed E-state index contributed by atoms with van der Waals surface area (Å²) in [5.41, 5.74) is 0.640. The first-order chi connectivity index (χ1) is 8.52. The van der Waals surface area contributed by atoms with Gasteiger partial charge in [-0.05, 0) is 17.7 Å². The first-order valence-electron chi connectivity index (χ1n) is 5.38. The number of halogens is 1. The van der Waals surface area contributed by atoms with Crippen molar-refractivity contribution in [1.82, 2.24) is 4.90 Å². The third-order valence-electron chi connectivity index (χ3n) is 2.30. The lowest BCUT2D eigenvalue weighted by Gasteiger charge is -2.18. The number of carboxylic acids is 1. The summed E-state index contributed by atoms with van der Waals surface area (Å²) >= 11 is 0. The number of rotatable bonds is 6. The van der Waals surface area contributed by atoms with Gasteiger partial charge in [-0.3, -0.25) is 9.59 Å². The highest BCUT2D eigenvalue weighted by Gasteiger charge is 2.15. The van der Waals surface area contributed by atoms with Crippen molar-refractivity contribution in [2.75, 3.05) is 13.1 Å². The van der Waals surface area contributed by atoms with Crippen molar-refractivity contribution >= 4 is 11.9 Å². The Morgan fingerprint density at radius 3 is 2.44 bits per heavy atom. The third kappa shape index (κ3) is 4.37. The lowest BCUT2D eigenvalue weighted by Crippen LogP contribution is -2.36. The van der Waals surface area contributed by atoms with E-state index in [1.807, 2.05) is 0 Å². The molecule has 0 atom stereocenters. The van der Waals surface area contributed by atoms with Crippen LogP contribution in [0, 0.1) is 5.82 Å². The molecule has 18 heavy (non-hydrogen) atoms. The predicted octanol–water partition coefficient (Wildman–Crippen LogP) is 1.47. The van der Waals surface area contributed by atoms with E-state index in [0.717, 1.165) is 0 Å². The van der Waals surface area contributed by atoms with Gasteiger partial charge < -0.3 is 10.0 Å². The van der Waals surface area contributed by atoms with Crippen LogP contribution in [0.2, 0.25) is 0 Å². The topological polar surface area (TPSA) is 57.6 Å². The van der Waals surface area contributed by atoms with E-state index >= 15 is 0 Å². The number of hydrogen-bond donors (Lipinski definition) is 1. The highest BCUT2D eigenvalue weighted by atomic mass is 19.1. The van der Waals surface area contributed by atoms with Gasteiger partial charge in [-0.15, -0.1) is 6.58 Å². The van der Waals surface area contributed by atoms with Crippen molar-refractivity contribution in [2.24, 2.45) is 0 Å². The smallest absolute Gasteiger partial charge is 0.323 e. The highest BCUT2D eigenvalue weighted by molar-refractivity contribution is 5.83. The second-order valence-corrected chi connectivity index (χ2v) is 3.76. The van der Waals surface area contributed by atoms with Gasteiger partial charge in [-0.1, -0.05) is 18.2 Å². The summed E-state index contributed by atoms with van der Waals surface area (Å²) in [4.78, 5) is 23.6. The Bertz CT molecular complexity index is 442. The van der Waals surface area contributed by atoms with Crippen molar-refractivity contribution in [3.05, 3.63) is 48.3 Å². The molecule has 0 aliphatic heterocycles. The monoisotopic (exact) mass is 251 g/mol. The molecule has 1 aromatic rings. The summed E-state index contributed by atoms with van der Waals surface area (Å²) in [6.07, 6.45) is 1.51. The Kier molecular flexibility index (Phi) is 5.05. The second kappa shape index (κ2) is 6.54. The van der Waals surface area contributed by atoms with E-state index in [1.54, 1.807) is 0 Å². The fourth-order valence-electron chi connectivity index (χ4n) is 1.46. The molecule has 0 heterocycles. The predicted molar refractivity (Wildman–Crippen MR) is 64.5 cm³/mol. The van der Waals surface area contributed by atoms with Gasteiger partial charge in [-0.2, -0.15) is 0 Å². The summed E-state index contributed by atoms with van der Waals surface area (Å²) in [5.74, 6) is -1.78. The van der Waals surface area contributed by atoms with Crippen molar-refractivity contribution < 1.29 is 19.1 Å². The molecule has 1 N–H and O–H groups in total. The van der Waals surface area contributed by atoms with Crippen LogP contribution in [0.5, 0.6) is 0 Å². The maximum absolute atomic E-state index is 12.7. The van der Waals surface area contributed by atoms with E-state index in [0.29, 0.717) is 5.56 Å². The molecule has 0 radical (unpaired) electrons. The first-order valence-corrected chi connectivity index (χ1v) is 5.38. The number of amides is 1. The Hall–Kier alpha value is -2.17. The van der Waals surface area contributed by atoms with Crippen LogP contribution in [0.1, 0.15) is 5.56 Å². The van der Waals surface area contributed by atoms with Crippen molar-refractivity contribution in [1.29, 1.82) is 0 Å². The summed E-state index contributed by atoms with van der Waals surface area (Å²) in [5, 5.41) is 8.68. The molecule has 0 spiro atoms. The Labute approximate surface area is 104 Å². The molecule has 0 aliphatic rings. The lowest BCUT2D eigenvalue weighted by atomic mass is 10.1. The minimum atomic E-state index is -1.08. The van der Waals surface area contributed by atoms with Crippen molar-refractivity contribution in [3.63, 3.8) is 0 Å². The molecule has 96 valence electrons. The molecule has 0 bridgehead atoms. The Morgan fingerprint density at radius 2 is 1.94 bits per heavy atom. The largest absolute Gasteiger partial charge is 0.480 e. The maximum Gasteiger partial charge on any atom is 0.323 e. The van der Waals surface area contributed by atoms with Crippen LogP contribution in [0.25, 0.3) is 0 Å². The van der Waals surface area contributed by atoms with Crippen LogP contribution >= 0.6 is 0 Å².